The summed E-state index contributed by atoms with van der Waals surface area (Å²) >= 11 is 1.70. The first-order chi connectivity index (χ1) is 9.56. The van der Waals surface area contributed by atoms with E-state index in [2.05, 4.69) is 15.5 Å². The molecule has 1 aliphatic heterocycles. The predicted molar refractivity (Wildman–Crippen MR) is 82.6 cm³/mol. The fourth-order valence-electron chi connectivity index (χ4n) is 2.20. The van der Waals surface area contributed by atoms with Crippen LogP contribution in [0.15, 0.2) is 0 Å². The summed E-state index contributed by atoms with van der Waals surface area (Å²) in [5.41, 5.74) is 5.84. The fraction of sp³-hybridized carbons (Fsp3) is 0.846. The highest BCUT2D eigenvalue weighted by Gasteiger charge is 2.23. The Morgan fingerprint density at radius 2 is 2.05 bits per heavy atom. The number of carbonyl (C=O) groups excluding carboxylic acids is 2. The number of likely N-dealkylation sites (N-methyl/N-ethyl adjacent to an activating group) is 1. The average molecular weight is 302 g/mol. The van der Waals surface area contributed by atoms with Crippen molar-refractivity contribution in [2.45, 2.75) is 31.3 Å². The second-order valence-electron chi connectivity index (χ2n) is 5.12. The maximum atomic E-state index is 11.9. The molecule has 0 aliphatic carbocycles. The van der Waals surface area contributed by atoms with Gasteiger partial charge in [-0.25, -0.2) is 0 Å². The fourth-order valence-corrected chi connectivity index (χ4v) is 2.69. The molecule has 0 aromatic rings. The maximum Gasteiger partial charge on any atom is 0.237 e. The van der Waals surface area contributed by atoms with Crippen LogP contribution in [0.2, 0.25) is 0 Å². The number of rotatable bonds is 7. The zero-order valence-corrected chi connectivity index (χ0v) is 13.2. The Balaban J connectivity index is 2.24. The van der Waals surface area contributed by atoms with Crippen molar-refractivity contribution in [3.05, 3.63) is 0 Å². The van der Waals surface area contributed by atoms with Gasteiger partial charge in [-0.05, 0) is 31.3 Å². The first-order valence-electron chi connectivity index (χ1n) is 7.04. The number of carbonyl (C=O) groups is 2. The van der Waals surface area contributed by atoms with Crippen LogP contribution in [0.25, 0.3) is 0 Å². The van der Waals surface area contributed by atoms with Crippen molar-refractivity contribution in [3.8, 4) is 0 Å². The number of nitrogens with two attached hydrogens (primary N) is 1. The molecule has 20 heavy (non-hydrogen) atoms. The van der Waals surface area contributed by atoms with Gasteiger partial charge in [0.1, 0.15) is 0 Å². The molecule has 0 radical (unpaired) electrons. The summed E-state index contributed by atoms with van der Waals surface area (Å²) in [5.74, 6) is 0.884. The van der Waals surface area contributed by atoms with Crippen LogP contribution in [0.5, 0.6) is 0 Å². The van der Waals surface area contributed by atoms with E-state index < -0.39 is 6.04 Å². The molecule has 1 saturated heterocycles. The van der Waals surface area contributed by atoms with E-state index in [4.69, 9.17) is 5.73 Å². The molecular weight excluding hydrogens is 276 g/mol. The molecule has 0 unspecified atom stereocenters. The van der Waals surface area contributed by atoms with Crippen molar-refractivity contribution in [2.24, 2.45) is 5.73 Å². The lowest BCUT2D eigenvalue weighted by Crippen LogP contribution is -2.50. The molecule has 0 bridgehead atoms. The first-order valence-corrected chi connectivity index (χ1v) is 8.44. The van der Waals surface area contributed by atoms with Gasteiger partial charge in [0.2, 0.25) is 11.8 Å². The van der Waals surface area contributed by atoms with E-state index in [-0.39, 0.29) is 17.9 Å². The van der Waals surface area contributed by atoms with Gasteiger partial charge in [-0.2, -0.15) is 11.8 Å². The van der Waals surface area contributed by atoms with Crippen molar-refractivity contribution in [2.75, 3.05) is 38.7 Å². The SMILES string of the molecule is CNC(=O)CN1CCC(NC(=O)[C@H](N)CCSC)CC1. The minimum absolute atomic E-state index is 0.0339. The number of likely N-dealkylation sites (tertiary alicyclic amines) is 1. The Morgan fingerprint density at radius 3 is 2.60 bits per heavy atom. The van der Waals surface area contributed by atoms with Crippen molar-refractivity contribution in [1.82, 2.24) is 15.5 Å². The summed E-state index contributed by atoms with van der Waals surface area (Å²) in [6.07, 6.45) is 4.46. The molecule has 4 N–H and O–H groups in total. The Labute approximate surface area is 125 Å². The molecule has 1 atom stereocenters. The lowest BCUT2D eigenvalue weighted by atomic mass is 10.0. The van der Waals surface area contributed by atoms with Gasteiger partial charge in [0.25, 0.3) is 0 Å². The van der Waals surface area contributed by atoms with Gasteiger partial charge in [0.15, 0.2) is 0 Å². The Kier molecular flexibility index (Phi) is 7.94. The van der Waals surface area contributed by atoms with Crippen LogP contribution < -0.4 is 16.4 Å². The van der Waals surface area contributed by atoms with Gasteiger partial charge in [-0.1, -0.05) is 0 Å². The summed E-state index contributed by atoms with van der Waals surface area (Å²) in [6.45, 7) is 2.10. The number of hydrogen-bond acceptors (Lipinski definition) is 5. The summed E-state index contributed by atoms with van der Waals surface area (Å²) in [6, 6.07) is -0.227. The maximum absolute atomic E-state index is 11.9. The van der Waals surface area contributed by atoms with Crippen LogP contribution in [-0.4, -0.2) is 67.5 Å². The van der Waals surface area contributed by atoms with Crippen molar-refractivity contribution in [1.29, 1.82) is 0 Å². The van der Waals surface area contributed by atoms with E-state index in [1.54, 1.807) is 18.8 Å². The van der Waals surface area contributed by atoms with Crippen LogP contribution >= 0.6 is 11.8 Å². The van der Waals surface area contributed by atoms with Crippen LogP contribution in [0.3, 0.4) is 0 Å². The lowest BCUT2D eigenvalue weighted by molar-refractivity contribution is -0.124. The number of nitrogens with one attached hydrogen (secondary N) is 2. The molecule has 1 rings (SSSR count). The van der Waals surface area contributed by atoms with E-state index >= 15 is 0 Å². The minimum Gasteiger partial charge on any atom is -0.358 e. The second-order valence-corrected chi connectivity index (χ2v) is 6.11. The van der Waals surface area contributed by atoms with Crippen LogP contribution in [0.4, 0.5) is 0 Å². The summed E-state index contributed by atoms with van der Waals surface area (Å²) < 4.78 is 0. The Bertz CT molecular complexity index is 319. The third-order valence-electron chi connectivity index (χ3n) is 3.55. The normalized spacial score (nSPS) is 18.6. The molecule has 6 nitrogen and oxygen atoms in total. The topological polar surface area (TPSA) is 87.5 Å². The number of thioether (sulfide) groups is 1. The van der Waals surface area contributed by atoms with E-state index in [9.17, 15) is 9.59 Å². The monoisotopic (exact) mass is 302 g/mol. The highest BCUT2D eigenvalue weighted by Crippen LogP contribution is 2.10. The highest BCUT2D eigenvalue weighted by atomic mass is 32.2. The molecule has 2 amide bonds. The van der Waals surface area contributed by atoms with Gasteiger partial charge in [0, 0.05) is 26.2 Å². The average Bonchev–Trinajstić information content (AvgIpc) is 2.46. The number of piperidine rings is 1. The van der Waals surface area contributed by atoms with Crippen molar-refractivity contribution in [3.63, 3.8) is 0 Å². The van der Waals surface area contributed by atoms with Gasteiger partial charge in [-0.15, -0.1) is 0 Å². The first kappa shape index (κ1) is 17.3. The van der Waals surface area contributed by atoms with E-state index in [1.807, 2.05) is 6.26 Å². The lowest BCUT2D eigenvalue weighted by Gasteiger charge is -2.32. The molecule has 0 spiro atoms. The van der Waals surface area contributed by atoms with Crippen LogP contribution in [-0.2, 0) is 9.59 Å². The summed E-state index contributed by atoms with van der Waals surface area (Å²) in [4.78, 5) is 25.3. The van der Waals surface area contributed by atoms with Crippen molar-refractivity contribution >= 4 is 23.6 Å². The molecular formula is C13H26N4O2S. The van der Waals surface area contributed by atoms with Crippen LogP contribution in [0.1, 0.15) is 19.3 Å². The van der Waals surface area contributed by atoms with Gasteiger partial charge < -0.3 is 16.4 Å². The molecule has 7 heteroatoms. The summed E-state index contributed by atoms with van der Waals surface area (Å²) in [7, 11) is 1.64. The zero-order chi connectivity index (χ0) is 15.0. The largest absolute Gasteiger partial charge is 0.358 e. The zero-order valence-electron chi connectivity index (χ0n) is 12.4. The minimum atomic E-state index is -0.411. The Morgan fingerprint density at radius 1 is 1.40 bits per heavy atom. The number of hydrogen-bond donors (Lipinski definition) is 3. The van der Waals surface area contributed by atoms with Crippen molar-refractivity contribution < 1.29 is 9.59 Å². The summed E-state index contributed by atoms with van der Waals surface area (Å²) in [5, 5.41) is 5.64. The Hall–Kier alpha value is -0.790. The molecule has 1 fully saturated rings. The quantitative estimate of drug-likeness (QED) is 0.584. The van der Waals surface area contributed by atoms with E-state index in [1.165, 1.54) is 0 Å². The smallest absolute Gasteiger partial charge is 0.237 e. The highest BCUT2D eigenvalue weighted by molar-refractivity contribution is 7.98. The molecule has 0 saturated carbocycles. The third kappa shape index (κ3) is 6.11. The number of amides is 2. The molecule has 116 valence electrons. The van der Waals surface area contributed by atoms with Gasteiger partial charge in [0.05, 0.1) is 12.6 Å². The van der Waals surface area contributed by atoms with E-state index in [0.717, 1.165) is 31.7 Å². The molecule has 1 heterocycles. The second kappa shape index (κ2) is 9.20. The number of nitrogens with zero attached hydrogens (tertiary/aromatic N) is 1. The molecule has 1 aliphatic rings. The van der Waals surface area contributed by atoms with E-state index in [0.29, 0.717) is 13.0 Å². The van der Waals surface area contributed by atoms with Gasteiger partial charge in [-0.3, -0.25) is 14.5 Å². The molecule has 0 aromatic heterocycles. The standard InChI is InChI=1S/C13H26N4O2S/c1-15-12(18)9-17-6-3-10(4-7-17)16-13(19)11(14)5-8-20-2/h10-11H,3-9,14H2,1-2H3,(H,15,18)(H,16,19)/t11-/m1/s1. The molecule has 0 aromatic carbocycles. The predicted octanol–water partition coefficient (Wildman–Crippen LogP) is -0.607. The van der Waals surface area contributed by atoms with Crippen LogP contribution in [0, 0.1) is 0 Å². The third-order valence-corrected chi connectivity index (χ3v) is 4.19. The van der Waals surface area contributed by atoms with Gasteiger partial charge >= 0.3 is 0 Å².